The molecule has 1 aliphatic heterocycles. The molecule has 0 aliphatic carbocycles. The van der Waals surface area contributed by atoms with Crippen LogP contribution in [0.3, 0.4) is 0 Å². The molecule has 0 spiro atoms. The molecule has 1 atom stereocenters. The van der Waals surface area contributed by atoms with E-state index in [1.165, 1.54) is 25.3 Å². The first-order valence-corrected chi connectivity index (χ1v) is 8.54. The third-order valence-electron chi connectivity index (χ3n) is 4.21. The zero-order valence-electron chi connectivity index (χ0n) is 15.1. The Kier molecular flexibility index (Phi) is 6.76. The molecule has 144 valence electrons. The molecule has 2 rings (SSSR count). The topological polar surface area (TPSA) is 67.9 Å². The smallest absolute Gasteiger partial charge is 0.387 e. The quantitative estimate of drug-likeness (QED) is 0.836. The second-order valence-corrected chi connectivity index (χ2v) is 6.50. The number of nitrogens with one attached hydrogen (secondary N) is 1. The second kappa shape index (κ2) is 8.82. The Labute approximate surface area is 151 Å². The SMILES string of the molecule is COc1cc(C(=O)N2CCCC(NC(=O)C(C)C)C2)ccc1OC(F)F. The highest BCUT2D eigenvalue weighted by Crippen LogP contribution is 2.30. The Hall–Kier alpha value is -2.38. The highest BCUT2D eigenvalue weighted by Gasteiger charge is 2.26. The van der Waals surface area contributed by atoms with Gasteiger partial charge in [0, 0.05) is 30.6 Å². The minimum atomic E-state index is -2.97. The molecule has 26 heavy (non-hydrogen) atoms. The molecule has 1 fully saturated rings. The van der Waals surface area contributed by atoms with E-state index in [2.05, 4.69) is 10.1 Å². The van der Waals surface area contributed by atoms with E-state index in [1.54, 1.807) is 4.90 Å². The van der Waals surface area contributed by atoms with Gasteiger partial charge in [0.1, 0.15) is 0 Å². The van der Waals surface area contributed by atoms with E-state index >= 15 is 0 Å². The minimum Gasteiger partial charge on any atom is -0.493 e. The van der Waals surface area contributed by atoms with E-state index in [-0.39, 0.29) is 35.3 Å². The maximum absolute atomic E-state index is 12.7. The van der Waals surface area contributed by atoms with Crippen molar-refractivity contribution < 1.29 is 27.8 Å². The number of halogens is 2. The molecular weight excluding hydrogens is 346 g/mol. The van der Waals surface area contributed by atoms with Gasteiger partial charge >= 0.3 is 6.61 Å². The molecule has 2 amide bonds. The Morgan fingerprint density at radius 3 is 2.62 bits per heavy atom. The Balaban J connectivity index is 2.09. The molecule has 1 aromatic carbocycles. The van der Waals surface area contributed by atoms with Crippen LogP contribution in [0.4, 0.5) is 8.78 Å². The van der Waals surface area contributed by atoms with Crippen LogP contribution >= 0.6 is 0 Å². The van der Waals surface area contributed by atoms with Crippen molar-refractivity contribution in [2.24, 2.45) is 5.92 Å². The van der Waals surface area contributed by atoms with Crippen LogP contribution in [0.15, 0.2) is 18.2 Å². The van der Waals surface area contributed by atoms with Crippen LogP contribution in [0.5, 0.6) is 11.5 Å². The molecule has 6 nitrogen and oxygen atoms in total. The summed E-state index contributed by atoms with van der Waals surface area (Å²) in [4.78, 5) is 26.2. The van der Waals surface area contributed by atoms with Gasteiger partial charge in [-0.1, -0.05) is 13.8 Å². The van der Waals surface area contributed by atoms with Crippen LogP contribution in [0, 0.1) is 5.92 Å². The van der Waals surface area contributed by atoms with Crippen molar-refractivity contribution in [2.45, 2.75) is 39.3 Å². The number of hydrogen-bond donors (Lipinski definition) is 1. The van der Waals surface area contributed by atoms with E-state index in [0.29, 0.717) is 18.7 Å². The summed E-state index contributed by atoms with van der Waals surface area (Å²) < 4.78 is 34.2. The summed E-state index contributed by atoms with van der Waals surface area (Å²) >= 11 is 0. The lowest BCUT2D eigenvalue weighted by Crippen LogP contribution is -2.50. The van der Waals surface area contributed by atoms with Gasteiger partial charge in [-0.3, -0.25) is 9.59 Å². The Bertz CT molecular complexity index is 652. The van der Waals surface area contributed by atoms with Gasteiger partial charge in [0.25, 0.3) is 5.91 Å². The summed E-state index contributed by atoms with van der Waals surface area (Å²) in [6.07, 6.45) is 1.59. The molecule has 1 aromatic rings. The fraction of sp³-hybridized carbons (Fsp3) is 0.556. The average molecular weight is 370 g/mol. The number of amides is 2. The van der Waals surface area contributed by atoms with Crippen LogP contribution in [-0.4, -0.2) is 49.6 Å². The minimum absolute atomic E-state index is 0.0422. The third kappa shape index (κ3) is 5.06. The largest absolute Gasteiger partial charge is 0.493 e. The van der Waals surface area contributed by atoms with Crippen LogP contribution in [0.2, 0.25) is 0 Å². The van der Waals surface area contributed by atoms with Crippen LogP contribution in [0.1, 0.15) is 37.0 Å². The second-order valence-electron chi connectivity index (χ2n) is 6.50. The van der Waals surface area contributed by atoms with Gasteiger partial charge in [-0.05, 0) is 31.0 Å². The Morgan fingerprint density at radius 1 is 1.27 bits per heavy atom. The van der Waals surface area contributed by atoms with Crippen molar-refractivity contribution in [3.8, 4) is 11.5 Å². The number of benzene rings is 1. The molecule has 1 unspecified atom stereocenters. The normalized spacial score (nSPS) is 17.3. The first kappa shape index (κ1) is 19.9. The molecule has 0 bridgehead atoms. The molecular formula is C18H24F2N2O4. The van der Waals surface area contributed by atoms with Crippen molar-refractivity contribution in [3.63, 3.8) is 0 Å². The van der Waals surface area contributed by atoms with Gasteiger partial charge in [-0.15, -0.1) is 0 Å². The van der Waals surface area contributed by atoms with Crippen molar-refractivity contribution in [2.75, 3.05) is 20.2 Å². The summed E-state index contributed by atoms with van der Waals surface area (Å²) in [5, 5.41) is 2.95. The summed E-state index contributed by atoms with van der Waals surface area (Å²) in [6.45, 7) is 1.64. The lowest BCUT2D eigenvalue weighted by molar-refractivity contribution is -0.125. The van der Waals surface area contributed by atoms with Crippen LogP contribution in [-0.2, 0) is 4.79 Å². The van der Waals surface area contributed by atoms with E-state index in [4.69, 9.17) is 4.74 Å². The number of nitrogens with zero attached hydrogens (tertiary/aromatic N) is 1. The van der Waals surface area contributed by atoms with Crippen LogP contribution in [0.25, 0.3) is 0 Å². The Morgan fingerprint density at radius 2 is 2.00 bits per heavy atom. The maximum atomic E-state index is 12.7. The summed E-state index contributed by atoms with van der Waals surface area (Å²) in [7, 11) is 1.32. The van der Waals surface area contributed by atoms with Crippen molar-refractivity contribution in [3.05, 3.63) is 23.8 Å². The number of methoxy groups -OCH3 is 1. The molecule has 8 heteroatoms. The van der Waals surface area contributed by atoms with E-state index in [9.17, 15) is 18.4 Å². The number of carbonyl (C=O) groups is 2. The highest BCUT2D eigenvalue weighted by molar-refractivity contribution is 5.95. The first-order valence-electron chi connectivity index (χ1n) is 8.54. The van der Waals surface area contributed by atoms with Gasteiger partial charge in [-0.25, -0.2) is 0 Å². The van der Waals surface area contributed by atoms with Gasteiger partial charge in [0.2, 0.25) is 5.91 Å². The third-order valence-corrected chi connectivity index (χ3v) is 4.21. The summed E-state index contributed by atoms with van der Waals surface area (Å²) in [5.74, 6) is -0.458. The lowest BCUT2D eigenvalue weighted by atomic mass is 10.0. The number of ether oxygens (including phenoxy) is 2. The van der Waals surface area contributed by atoms with E-state index < -0.39 is 6.61 Å². The number of alkyl halides is 2. The number of hydrogen-bond acceptors (Lipinski definition) is 4. The van der Waals surface area contributed by atoms with Gasteiger partial charge < -0.3 is 19.7 Å². The molecule has 0 radical (unpaired) electrons. The zero-order valence-corrected chi connectivity index (χ0v) is 15.1. The summed E-state index contributed by atoms with van der Waals surface area (Å²) in [6, 6.07) is 4.01. The number of rotatable bonds is 6. The van der Waals surface area contributed by atoms with Gasteiger partial charge in [-0.2, -0.15) is 8.78 Å². The molecule has 1 N–H and O–H groups in total. The molecule has 0 saturated carbocycles. The predicted molar refractivity (Wildman–Crippen MR) is 91.5 cm³/mol. The van der Waals surface area contributed by atoms with Crippen molar-refractivity contribution >= 4 is 11.8 Å². The standard InChI is InChI=1S/C18H24F2N2O4/c1-11(2)16(23)21-13-5-4-8-22(10-13)17(24)12-6-7-14(26-18(19)20)15(9-12)25-3/h6-7,9,11,13,18H,4-5,8,10H2,1-3H3,(H,21,23). The van der Waals surface area contributed by atoms with Crippen molar-refractivity contribution in [1.29, 1.82) is 0 Å². The summed E-state index contributed by atoms with van der Waals surface area (Å²) in [5.41, 5.74) is 0.319. The molecule has 1 saturated heterocycles. The average Bonchev–Trinajstić information content (AvgIpc) is 2.61. The number of piperidine rings is 1. The highest BCUT2D eigenvalue weighted by atomic mass is 19.3. The van der Waals surface area contributed by atoms with Crippen molar-refractivity contribution in [1.82, 2.24) is 10.2 Å². The number of carbonyl (C=O) groups excluding carboxylic acids is 2. The zero-order chi connectivity index (χ0) is 19.3. The lowest BCUT2D eigenvalue weighted by Gasteiger charge is -2.33. The monoisotopic (exact) mass is 370 g/mol. The van der Waals surface area contributed by atoms with E-state index in [0.717, 1.165) is 12.8 Å². The molecule has 1 heterocycles. The fourth-order valence-corrected chi connectivity index (χ4v) is 2.82. The first-order chi connectivity index (χ1) is 12.3. The van der Waals surface area contributed by atoms with E-state index in [1.807, 2.05) is 13.8 Å². The number of likely N-dealkylation sites (tertiary alicyclic amines) is 1. The maximum Gasteiger partial charge on any atom is 0.387 e. The van der Waals surface area contributed by atoms with Gasteiger partial charge in [0.15, 0.2) is 11.5 Å². The fourth-order valence-electron chi connectivity index (χ4n) is 2.82. The van der Waals surface area contributed by atoms with Gasteiger partial charge in [0.05, 0.1) is 7.11 Å². The molecule has 0 aromatic heterocycles. The molecule has 1 aliphatic rings. The predicted octanol–water partition coefficient (Wildman–Crippen LogP) is 2.67. The van der Waals surface area contributed by atoms with Crippen LogP contribution < -0.4 is 14.8 Å².